The summed E-state index contributed by atoms with van der Waals surface area (Å²) in [6.07, 6.45) is -0.738. The van der Waals surface area contributed by atoms with Crippen LogP contribution in [0.1, 0.15) is 13.3 Å². The van der Waals surface area contributed by atoms with Crippen molar-refractivity contribution in [3.63, 3.8) is 0 Å². The van der Waals surface area contributed by atoms with Crippen LogP contribution >= 0.6 is 0 Å². The van der Waals surface area contributed by atoms with Crippen LogP contribution in [0.3, 0.4) is 0 Å². The van der Waals surface area contributed by atoms with E-state index in [9.17, 15) is 18.4 Å². The van der Waals surface area contributed by atoms with E-state index in [-0.39, 0.29) is 0 Å². The van der Waals surface area contributed by atoms with Crippen molar-refractivity contribution in [3.8, 4) is 5.75 Å². The summed E-state index contributed by atoms with van der Waals surface area (Å²) in [6, 6.07) is 5.85. The first kappa shape index (κ1) is 16.2. The van der Waals surface area contributed by atoms with Crippen LogP contribution in [0, 0.1) is 0 Å². The van der Waals surface area contributed by atoms with Crippen LogP contribution in [-0.2, 0) is 14.3 Å². The standard InChI is InChI=1S/C15H17F2NO4/c1-10-15(16,17)8-12(14(20)21-2)18(10)13(19)9-22-11-6-4-3-5-7-11/h3-7,10,12H,8-9H2,1-2H3. The minimum atomic E-state index is -3.14. The van der Waals surface area contributed by atoms with Crippen LogP contribution in [0.15, 0.2) is 30.3 Å². The van der Waals surface area contributed by atoms with Crippen LogP contribution < -0.4 is 4.74 Å². The number of esters is 1. The molecule has 1 aromatic carbocycles. The molecule has 1 amide bonds. The molecule has 2 rings (SSSR count). The molecule has 0 radical (unpaired) electrons. The van der Waals surface area contributed by atoms with E-state index in [4.69, 9.17) is 4.74 Å². The van der Waals surface area contributed by atoms with Crippen LogP contribution in [0.2, 0.25) is 0 Å². The van der Waals surface area contributed by atoms with E-state index in [1.165, 1.54) is 6.92 Å². The zero-order valence-electron chi connectivity index (χ0n) is 12.3. The normalized spacial score (nSPS) is 23.2. The highest BCUT2D eigenvalue weighted by Gasteiger charge is 2.56. The number of nitrogens with zero attached hydrogens (tertiary/aromatic N) is 1. The number of ether oxygens (including phenoxy) is 2. The Morgan fingerprint density at radius 3 is 2.55 bits per heavy atom. The Morgan fingerprint density at radius 1 is 1.32 bits per heavy atom. The third-order valence-corrected chi connectivity index (χ3v) is 3.70. The maximum Gasteiger partial charge on any atom is 0.328 e. The molecule has 0 spiro atoms. The topological polar surface area (TPSA) is 55.8 Å². The lowest BCUT2D eigenvalue weighted by Crippen LogP contribution is -2.48. The molecule has 1 aliphatic heterocycles. The number of carbonyl (C=O) groups is 2. The second-order valence-electron chi connectivity index (χ2n) is 5.08. The van der Waals surface area contributed by atoms with Gasteiger partial charge in [0.15, 0.2) is 6.61 Å². The maximum absolute atomic E-state index is 13.8. The summed E-state index contributed by atoms with van der Waals surface area (Å²) in [6.45, 7) is 0.793. The largest absolute Gasteiger partial charge is 0.484 e. The monoisotopic (exact) mass is 313 g/mol. The Morgan fingerprint density at radius 2 is 1.95 bits per heavy atom. The molecule has 0 aromatic heterocycles. The van der Waals surface area contributed by atoms with Gasteiger partial charge in [0.25, 0.3) is 11.8 Å². The zero-order valence-corrected chi connectivity index (χ0v) is 12.3. The average molecular weight is 313 g/mol. The highest BCUT2D eigenvalue weighted by Crippen LogP contribution is 2.38. The maximum atomic E-state index is 13.8. The van der Waals surface area contributed by atoms with Gasteiger partial charge in [-0.2, -0.15) is 0 Å². The lowest BCUT2D eigenvalue weighted by molar-refractivity contribution is -0.153. The Kier molecular flexibility index (Phi) is 4.63. The molecule has 7 heteroatoms. The quantitative estimate of drug-likeness (QED) is 0.796. The summed E-state index contributed by atoms with van der Waals surface area (Å²) in [5.41, 5.74) is 0. The van der Waals surface area contributed by atoms with Crippen molar-refractivity contribution < 1.29 is 27.8 Å². The predicted molar refractivity (Wildman–Crippen MR) is 73.6 cm³/mol. The zero-order chi connectivity index (χ0) is 16.3. The summed E-state index contributed by atoms with van der Waals surface area (Å²) in [4.78, 5) is 24.7. The summed E-state index contributed by atoms with van der Waals surface area (Å²) in [7, 11) is 1.10. The van der Waals surface area contributed by atoms with Gasteiger partial charge in [0.05, 0.1) is 13.2 Å². The number of likely N-dealkylation sites (tertiary alicyclic amines) is 1. The van der Waals surface area contributed by atoms with Crippen LogP contribution in [0.4, 0.5) is 8.78 Å². The van der Waals surface area contributed by atoms with E-state index >= 15 is 0 Å². The smallest absolute Gasteiger partial charge is 0.328 e. The van der Waals surface area contributed by atoms with Crippen molar-refractivity contribution >= 4 is 11.9 Å². The molecule has 0 N–H and O–H groups in total. The predicted octanol–water partition coefficient (Wildman–Crippen LogP) is 1.86. The van der Waals surface area contributed by atoms with Gasteiger partial charge in [-0.15, -0.1) is 0 Å². The van der Waals surface area contributed by atoms with Gasteiger partial charge in [0.1, 0.15) is 11.8 Å². The first-order valence-corrected chi connectivity index (χ1v) is 6.81. The second-order valence-corrected chi connectivity index (χ2v) is 5.08. The van der Waals surface area contributed by atoms with Crippen molar-refractivity contribution in [1.29, 1.82) is 0 Å². The molecule has 0 aliphatic carbocycles. The molecule has 1 aliphatic rings. The third-order valence-electron chi connectivity index (χ3n) is 3.70. The van der Waals surface area contributed by atoms with E-state index in [1.807, 2.05) is 0 Å². The fraction of sp³-hybridized carbons (Fsp3) is 0.467. The second kappa shape index (κ2) is 6.29. The number of hydrogen-bond donors (Lipinski definition) is 0. The molecule has 1 saturated heterocycles. The Balaban J connectivity index is 2.09. The number of rotatable bonds is 4. The van der Waals surface area contributed by atoms with Gasteiger partial charge in [0, 0.05) is 6.42 Å². The SMILES string of the molecule is COC(=O)C1CC(F)(F)C(C)N1C(=O)COc1ccccc1. The van der Waals surface area contributed by atoms with Crippen molar-refractivity contribution in [2.45, 2.75) is 31.4 Å². The van der Waals surface area contributed by atoms with Crippen LogP contribution in [0.25, 0.3) is 0 Å². The fourth-order valence-electron chi connectivity index (χ4n) is 2.46. The van der Waals surface area contributed by atoms with Crippen molar-refractivity contribution in [1.82, 2.24) is 4.90 Å². The highest BCUT2D eigenvalue weighted by molar-refractivity contribution is 5.86. The fourth-order valence-corrected chi connectivity index (χ4v) is 2.46. The molecular formula is C15H17F2NO4. The van der Waals surface area contributed by atoms with Crippen molar-refractivity contribution in [3.05, 3.63) is 30.3 Å². The van der Waals surface area contributed by atoms with Gasteiger partial charge >= 0.3 is 5.97 Å². The number of halogens is 2. The van der Waals surface area contributed by atoms with E-state index < -0.39 is 42.9 Å². The molecule has 2 atom stereocenters. The molecule has 0 bridgehead atoms. The van der Waals surface area contributed by atoms with Crippen molar-refractivity contribution in [2.75, 3.05) is 13.7 Å². The number of benzene rings is 1. The number of alkyl halides is 2. The minimum absolute atomic E-state index is 0.419. The summed E-state index contributed by atoms with van der Waals surface area (Å²) in [5.74, 6) is -4.22. The first-order valence-electron chi connectivity index (χ1n) is 6.81. The summed E-state index contributed by atoms with van der Waals surface area (Å²) < 4.78 is 37.4. The van der Waals surface area contributed by atoms with Crippen molar-refractivity contribution in [2.24, 2.45) is 0 Å². The molecule has 1 fully saturated rings. The van der Waals surface area contributed by atoms with E-state index in [2.05, 4.69) is 4.74 Å². The molecule has 2 unspecified atom stereocenters. The molecule has 1 aromatic rings. The highest BCUT2D eigenvalue weighted by atomic mass is 19.3. The number of methoxy groups -OCH3 is 1. The Labute approximate surface area is 126 Å². The van der Waals surface area contributed by atoms with Gasteiger partial charge in [0.2, 0.25) is 0 Å². The van der Waals surface area contributed by atoms with E-state index in [1.54, 1.807) is 30.3 Å². The van der Waals surface area contributed by atoms with Gasteiger partial charge in [-0.1, -0.05) is 18.2 Å². The Bertz CT molecular complexity index is 550. The average Bonchev–Trinajstić information content (AvgIpc) is 2.75. The Hall–Kier alpha value is -2.18. The lowest BCUT2D eigenvalue weighted by atomic mass is 10.1. The number of hydrogen-bond acceptors (Lipinski definition) is 4. The van der Waals surface area contributed by atoms with Gasteiger partial charge in [-0.3, -0.25) is 4.79 Å². The van der Waals surface area contributed by atoms with Crippen LogP contribution in [0.5, 0.6) is 5.75 Å². The van der Waals surface area contributed by atoms with Crippen LogP contribution in [-0.4, -0.2) is 48.5 Å². The first-order chi connectivity index (χ1) is 10.4. The molecule has 1 heterocycles. The molecule has 5 nitrogen and oxygen atoms in total. The molecule has 22 heavy (non-hydrogen) atoms. The summed E-state index contributed by atoms with van der Waals surface area (Å²) in [5, 5.41) is 0. The van der Waals surface area contributed by atoms with Gasteiger partial charge in [-0.05, 0) is 19.1 Å². The molecule has 120 valence electrons. The van der Waals surface area contributed by atoms with Gasteiger partial charge in [-0.25, -0.2) is 13.6 Å². The third kappa shape index (κ3) is 3.18. The van der Waals surface area contributed by atoms with E-state index in [0.717, 1.165) is 12.0 Å². The molecular weight excluding hydrogens is 296 g/mol. The number of carbonyl (C=O) groups excluding carboxylic acids is 2. The van der Waals surface area contributed by atoms with E-state index in [0.29, 0.717) is 5.75 Å². The number of para-hydroxylation sites is 1. The molecule has 0 saturated carbocycles. The lowest BCUT2D eigenvalue weighted by Gasteiger charge is -2.27. The number of amides is 1. The minimum Gasteiger partial charge on any atom is -0.484 e. The summed E-state index contributed by atoms with van der Waals surface area (Å²) >= 11 is 0. The van der Waals surface area contributed by atoms with Gasteiger partial charge < -0.3 is 14.4 Å².